The van der Waals surface area contributed by atoms with Crippen molar-refractivity contribution in [2.24, 2.45) is 7.05 Å². The number of aromatic nitrogens is 2. The molecular weight excluding hydrogens is 318 g/mol. The first-order valence-corrected chi connectivity index (χ1v) is 7.33. The van der Waals surface area contributed by atoms with Crippen LogP contribution in [0.15, 0.2) is 22.7 Å². The number of methoxy groups -OCH3 is 1. The van der Waals surface area contributed by atoms with Crippen LogP contribution in [0.25, 0.3) is 0 Å². The molecule has 0 aliphatic carbocycles. The van der Waals surface area contributed by atoms with Gasteiger partial charge in [-0.1, -0.05) is 22.0 Å². The van der Waals surface area contributed by atoms with Crippen molar-refractivity contribution in [2.45, 2.75) is 27.0 Å². The normalized spacial score (nSPS) is 10.8. The van der Waals surface area contributed by atoms with E-state index in [0.717, 1.165) is 28.0 Å². The lowest BCUT2D eigenvalue weighted by atomic mass is 10.1. The summed E-state index contributed by atoms with van der Waals surface area (Å²) in [6, 6.07) is 6.12. The van der Waals surface area contributed by atoms with Gasteiger partial charge in [0.1, 0.15) is 0 Å². The van der Waals surface area contributed by atoms with E-state index in [1.807, 2.05) is 30.8 Å². The second-order valence-corrected chi connectivity index (χ2v) is 5.68. The predicted octanol–water partition coefficient (Wildman–Crippen LogP) is 3.56. The summed E-state index contributed by atoms with van der Waals surface area (Å²) in [7, 11) is 3.68. The van der Waals surface area contributed by atoms with Gasteiger partial charge in [0.2, 0.25) is 0 Å². The van der Waals surface area contributed by atoms with E-state index in [1.54, 1.807) is 7.11 Å². The van der Waals surface area contributed by atoms with Crippen LogP contribution in [0, 0.1) is 13.8 Å². The number of hydrogen-bond acceptors (Lipinski definition) is 3. The van der Waals surface area contributed by atoms with Crippen LogP contribution in [0.4, 0.5) is 5.69 Å². The Hall–Kier alpha value is -1.33. The molecule has 0 radical (unpaired) electrons. The SMILES string of the molecule is COCc1c(Br)cccc1NCc1c(C)nn(C)c1C. The number of halogens is 1. The van der Waals surface area contributed by atoms with Crippen molar-refractivity contribution in [2.75, 3.05) is 12.4 Å². The number of ether oxygens (including phenoxy) is 1. The van der Waals surface area contributed by atoms with E-state index >= 15 is 0 Å². The minimum atomic E-state index is 0.578. The summed E-state index contributed by atoms with van der Waals surface area (Å²) in [4.78, 5) is 0. The molecular formula is C15H20BrN3O. The molecule has 20 heavy (non-hydrogen) atoms. The van der Waals surface area contributed by atoms with Crippen molar-refractivity contribution in [3.05, 3.63) is 45.2 Å². The maximum Gasteiger partial charge on any atom is 0.0744 e. The van der Waals surface area contributed by atoms with E-state index in [1.165, 1.54) is 11.3 Å². The lowest BCUT2D eigenvalue weighted by Gasteiger charge is -2.13. The minimum absolute atomic E-state index is 0.578. The molecule has 1 aromatic heterocycles. The van der Waals surface area contributed by atoms with Crippen LogP contribution < -0.4 is 5.32 Å². The average Bonchev–Trinajstić information content (AvgIpc) is 2.65. The zero-order valence-corrected chi connectivity index (χ0v) is 13.9. The molecule has 0 atom stereocenters. The smallest absolute Gasteiger partial charge is 0.0744 e. The van der Waals surface area contributed by atoms with Crippen molar-refractivity contribution in [1.82, 2.24) is 9.78 Å². The Balaban J connectivity index is 2.21. The van der Waals surface area contributed by atoms with Crippen molar-refractivity contribution in [1.29, 1.82) is 0 Å². The van der Waals surface area contributed by atoms with Crippen LogP contribution in [-0.4, -0.2) is 16.9 Å². The molecule has 0 aliphatic heterocycles. The molecule has 108 valence electrons. The fourth-order valence-corrected chi connectivity index (χ4v) is 2.75. The summed E-state index contributed by atoms with van der Waals surface area (Å²) in [5.74, 6) is 0. The number of benzene rings is 1. The number of aryl methyl sites for hydroxylation is 2. The molecule has 1 aromatic carbocycles. The number of hydrogen-bond donors (Lipinski definition) is 1. The lowest BCUT2D eigenvalue weighted by molar-refractivity contribution is 0.185. The third kappa shape index (κ3) is 3.04. The Morgan fingerprint density at radius 3 is 2.65 bits per heavy atom. The van der Waals surface area contributed by atoms with Gasteiger partial charge in [-0.25, -0.2) is 0 Å². The number of nitrogens with zero attached hydrogens (tertiary/aromatic N) is 2. The molecule has 5 heteroatoms. The quantitative estimate of drug-likeness (QED) is 0.906. The fraction of sp³-hybridized carbons (Fsp3) is 0.400. The van der Waals surface area contributed by atoms with Gasteiger partial charge in [0, 0.05) is 47.7 Å². The largest absolute Gasteiger partial charge is 0.381 e. The first kappa shape index (κ1) is 15.1. The standard InChI is InChI=1S/C15H20BrN3O/c1-10-12(11(2)19(3)18-10)8-17-15-7-5-6-14(16)13(15)9-20-4/h5-7,17H,8-9H2,1-4H3. The topological polar surface area (TPSA) is 39.1 Å². The predicted molar refractivity (Wildman–Crippen MR) is 84.9 cm³/mol. The Bertz CT molecular complexity index is 607. The molecule has 0 saturated carbocycles. The summed E-state index contributed by atoms with van der Waals surface area (Å²) in [6.45, 7) is 5.47. The van der Waals surface area contributed by atoms with Gasteiger partial charge in [-0.05, 0) is 26.0 Å². The summed E-state index contributed by atoms with van der Waals surface area (Å²) >= 11 is 3.57. The van der Waals surface area contributed by atoms with Gasteiger partial charge in [-0.2, -0.15) is 5.10 Å². The van der Waals surface area contributed by atoms with Gasteiger partial charge in [-0.3, -0.25) is 4.68 Å². The zero-order valence-electron chi connectivity index (χ0n) is 12.3. The molecule has 1 N–H and O–H groups in total. The van der Waals surface area contributed by atoms with Crippen molar-refractivity contribution < 1.29 is 4.74 Å². The van der Waals surface area contributed by atoms with Crippen LogP contribution >= 0.6 is 15.9 Å². The maximum absolute atomic E-state index is 5.27. The summed E-state index contributed by atoms with van der Waals surface area (Å²) in [5.41, 5.74) is 5.73. The Morgan fingerprint density at radius 1 is 1.30 bits per heavy atom. The van der Waals surface area contributed by atoms with Crippen molar-refractivity contribution >= 4 is 21.6 Å². The highest BCUT2D eigenvalue weighted by atomic mass is 79.9. The Morgan fingerprint density at radius 2 is 2.05 bits per heavy atom. The average molecular weight is 338 g/mol. The molecule has 2 rings (SSSR count). The van der Waals surface area contributed by atoms with E-state index < -0.39 is 0 Å². The highest BCUT2D eigenvalue weighted by Gasteiger charge is 2.11. The van der Waals surface area contributed by atoms with Crippen LogP contribution in [0.5, 0.6) is 0 Å². The molecule has 0 spiro atoms. The number of rotatable bonds is 5. The minimum Gasteiger partial charge on any atom is -0.381 e. The van der Waals surface area contributed by atoms with Crippen molar-refractivity contribution in [3.63, 3.8) is 0 Å². The maximum atomic E-state index is 5.27. The van der Waals surface area contributed by atoms with Gasteiger partial charge >= 0.3 is 0 Å². The van der Waals surface area contributed by atoms with Gasteiger partial charge in [-0.15, -0.1) is 0 Å². The fourth-order valence-electron chi connectivity index (χ4n) is 2.27. The lowest BCUT2D eigenvalue weighted by Crippen LogP contribution is -2.05. The summed E-state index contributed by atoms with van der Waals surface area (Å²) in [6.07, 6.45) is 0. The van der Waals surface area contributed by atoms with Gasteiger partial charge < -0.3 is 10.1 Å². The van der Waals surface area contributed by atoms with E-state index in [9.17, 15) is 0 Å². The summed E-state index contributed by atoms with van der Waals surface area (Å²) in [5, 5.41) is 7.93. The van der Waals surface area contributed by atoms with E-state index in [2.05, 4.69) is 39.3 Å². The van der Waals surface area contributed by atoms with E-state index in [0.29, 0.717) is 6.61 Å². The Labute approximate surface area is 128 Å². The van der Waals surface area contributed by atoms with Crippen molar-refractivity contribution in [3.8, 4) is 0 Å². The molecule has 0 fully saturated rings. The molecule has 0 amide bonds. The second kappa shape index (κ2) is 6.41. The number of nitrogens with one attached hydrogen (secondary N) is 1. The van der Waals surface area contributed by atoms with Gasteiger partial charge in [0.15, 0.2) is 0 Å². The first-order chi connectivity index (χ1) is 9.54. The van der Waals surface area contributed by atoms with E-state index in [-0.39, 0.29) is 0 Å². The monoisotopic (exact) mass is 337 g/mol. The molecule has 0 saturated heterocycles. The van der Waals surface area contributed by atoms with Gasteiger partial charge in [0.05, 0.1) is 12.3 Å². The number of anilines is 1. The highest BCUT2D eigenvalue weighted by Crippen LogP contribution is 2.26. The Kier molecular flexibility index (Phi) is 4.83. The molecule has 0 unspecified atom stereocenters. The first-order valence-electron chi connectivity index (χ1n) is 6.54. The molecule has 1 heterocycles. The third-order valence-corrected chi connectivity index (χ3v) is 4.26. The van der Waals surface area contributed by atoms with Crippen LogP contribution in [0.2, 0.25) is 0 Å². The molecule has 4 nitrogen and oxygen atoms in total. The van der Waals surface area contributed by atoms with E-state index in [4.69, 9.17) is 4.74 Å². The zero-order chi connectivity index (χ0) is 14.7. The highest BCUT2D eigenvalue weighted by molar-refractivity contribution is 9.10. The summed E-state index contributed by atoms with van der Waals surface area (Å²) < 4.78 is 8.25. The van der Waals surface area contributed by atoms with Crippen LogP contribution in [0.1, 0.15) is 22.5 Å². The molecule has 0 aliphatic rings. The third-order valence-electron chi connectivity index (χ3n) is 3.52. The van der Waals surface area contributed by atoms with Crippen LogP contribution in [0.3, 0.4) is 0 Å². The molecule has 2 aromatic rings. The second-order valence-electron chi connectivity index (χ2n) is 4.83. The van der Waals surface area contributed by atoms with Gasteiger partial charge in [0.25, 0.3) is 0 Å². The van der Waals surface area contributed by atoms with Crippen LogP contribution in [-0.2, 0) is 24.9 Å². The molecule has 0 bridgehead atoms.